The lowest BCUT2D eigenvalue weighted by molar-refractivity contribution is 0.0602. The van der Waals surface area contributed by atoms with Gasteiger partial charge in [0.1, 0.15) is 5.82 Å². The molecule has 2 amide bonds. The van der Waals surface area contributed by atoms with Crippen LogP contribution in [0.1, 0.15) is 15.9 Å². The molecule has 2 N–H and O–H groups in total. The highest BCUT2D eigenvalue weighted by Crippen LogP contribution is 2.19. The number of carbonyl (C=O) groups is 2. The molecule has 2 aromatic rings. The van der Waals surface area contributed by atoms with Crippen LogP contribution in [0.25, 0.3) is 0 Å². The fourth-order valence-corrected chi connectivity index (χ4v) is 1.90. The maximum atomic E-state index is 13.4. The first-order chi connectivity index (χ1) is 10.5. The summed E-state index contributed by atoms with van der Waals surface area (Å²) >= 11 is 0. The molecule has 2 rings (SSSR count). The van der Waals surface area contributed by atoms with E-state index in [1.165, 1.54) is 25.3 Å². The van der Waals surface area contributed by atoms with Crippen LogP contribution in [0.2, 0.25) is 0 Å². The third-order valence-corrected chi connectivity index (χ3v) is 3.10. The molecule has 0 atom stereocenters. The molecule has 0 saturated heterocycles. The molecule has 6 heteroatoms. The molecular weight excluding hydrogens is 287 g/mol. The zero-order valence-corrected chi connectivity index (χ0v) is 12.1. The number of para-hydroxylation sites is 1. The van der Waals surface area contributed by atoms with E-state index in [0.29, 0.717) is 16.9 Å². The fourth-order valence-electron chi connectivity index (χ4n) is 1.90. The Morgan fingerprint density at radius 1 is 1.00 bits per heavy atom. The molecular formula is C16H15FN2O3. The summed E-state index contributed by atoms with van der Waals surface area (Å²) in [4.78, 5) is 23.6. The SMILES string of the molecule is COC(=O)c1ccccc1NC(=O)Nc1cccc(F)c1C. The monoisotopic (exact) mass is 302 g/mol. The Morgan fingerprint density at radius 3 is 2.36 bits per heavy atom. The third-order valence-electron chi connectivity index (χ3n) is 3.10. The van der Waals surface area contributed by atoms with Gasteiger partial charge in [-0.25, -0.2) is 14.0 Å². The van der Waals surface area contributed by atoms with E-state index in [2.05, 4.69) is 15.4 Å². The van der Waals surface area contributed by atoms with E-state index < -0.39 is 17.8 Å². The number of amides is 2. The number of hydrogen-bond donors (Lipinski definition) is 2. The number of carbonyl (C=O) groups excluding carboxylic acids is 2. The highest BCUT2D eigenvalue weighted by Gasteiger charge is 2.14. The van der Waals surface area contributed by atoms with Crippen molar-refractivity contribution in [1.82, 2.24) is 0 Å². The van der Waals surface area contributed by atoms with Gasteiger partial charge in [-0.2, -0.15) is 0 Å². The van der Waals surface area contributed by atoms with Crippen molar-refractivity contribution in [2.75, 3.05) is 17.7 Å². The van der Waals surface area contributed by atoms with Crippen LogP contribution in [0.15, 0.2) is 42.5 Å². The van der Waals surface area contributed by atoms with Gasteiger partial charge in [0.15, 0.2) is 0 Å². The minimum atomic E-state index is -0.579. The van der Waals surface area contributed by atoms with E-state index in [9.17, 15) is 14.0 Å². The number of methoxy groups -OCH3 is 1. The van der Waals surface area contributed by atoms with Crippen molar-refractivity contribution in [2.45, 2.75) is 6.92 Å². The number of ether oxygens (including phenoxy) is 1. The van der Waals surface area contributed by atoms with Crippen molar-refractivity contribution >= 4 is 23.4 Å². The van der Waals surface area contributed by atoms with Crippen molar-refractivity contribution in [1.29, 1.82) is 0 Å². The fraction of sp³-hybridized carbons (Fsp3) is 0.125. The van der Waals surface area contributed by atoms with Gasteiger partial charge < -0.3 is 15.4 Å². The van der Waals surface area contributed by atoms with Gasteiger partial charge in [-0.05, 0) is 31.2 Å². The van der Waals surface area contributed by atoms with Crippen LogP contribution in [-0.4, -0.2) is 19.1 Å². The van der Waals surface area contributed by atoms with Crippen LogP contribution >= 0.6 is 0 Å². The second-order valence-electron chi connectivity index (χ2n) is 4.53. The lowest BCUT2D eigenvalue weighted by atomic mass is 10.2. The molecule has 0 unspecified atom stereocenters. The summed E-state index contributed by atoms with van der Waals surface area (Å²) in [5.74, 6) is -0.967. The second kappa shape index (κ2) is 6.71. The first-order valence-corrected chi connectivity index (χ1v) is 6.53. The average molecular weight is 302 g/mol. The van der Waals surface area contributed by atoms with Crippen LogP contribution in [0.4, 0.5) is 20.6 Å². The van der Waals surface area contributed by atoms with Crippen LogP contribution in [0.3, 0.4) is 0 Å². The molecule has 0 aliphatic rings. The predicted molar refractivity (Wildman–Crippen MR) is 81.6 cm³/mol. The number of nitrogens with one attached hydrogen (secondary N) is 2. The van der Waals surface area contributed by atoms with Gasteiger partial charge in [-0.3, -0.25) is 0 Å². The summed E-state index contributed by atoms with van der Waals surface area (Å²) in [6, 6.07) is 10.3. The van der Waals surface area contributed by atoms with Gasteiger partial charge in [0.05, 0.1) is 18.4 Å². The molecule has 0 aromatic heterocycles. The third kappa shape index (κ3) is 3.41. The number of rotatable bonds is 3. The quantitative estimate of drug-likeness (QED) is 0.852. The van der Waals surface area contributed by atoms with Crippen molar-refractivity contribution in [2.24, 2.45) is 0 Å². The normalized spacial score (nSPS) is 9.95. The van der Waals surface area contributed by atoms with Crippen molar-refractivity contribution in [3.63, 3.8) is 0 Å². The number of urea groups is 1. The lowest BCUT2D eigenvalue weighted by Crippen LogP contribution is -2.21. The van der Waals surface area contributed by atoms with Gasteiger partial charge in [-0.15, -0.1) is 0 Å². The summed E-state index contributed by atoms with van der Waals surface area (Å²) < 4.78 is 18.1. The maximum absolute atomic E-state index is 13.4. The van der Waals surface area contributed by atoms with Gasteiger partial charge in [0.25, 0.3) is 0 Å². The summed E-state index contributed by atoms with van der Waals surface area (Å²) in [6.45, 7) is 1.56. The highest BCUT2D eigenvalue weighted by atomic mass is 19.1. The lowest BCUT2D eigenvalue weighted by Gasteiger charge is -2.12. The minimum absolute atomic E-state index is 0.233. The first-order valence-electron chi connectivity index (χ1n) is 6.53. The van der Waals surface area contributed by atoms with Crippen LogP contribution in [0.5, 0.6) is 0 Å². The van der Waals surface area contributed by atoms with E-state index in [0.717, 1.165) is 0 Å². The number of benzene rings is 2. The Bertz CT molecular complexity index is 716. The number of anilines is 2. The molecule has 0 saturated carbocycles. The van der Waals surface area contributed by atoms with Gasteiger partial charge in [0.2, 0.25) is 0 Å². The topological polar surface area (TPSA) is 67.4 Å². The van der Waals surface area contributed by atoms with Gasteiger partial charge in [0, 0.05) is 11.3 Å². The molecule has 0 bridgehead atoms. The van der Waals surface area contributed by atoms with E-state index in [1.807, 2.05) is 0 Å². The van der Waals surface area contributed by atoms with E-state index in [4.69, 9.17) is 0 Å². The molecule has 2 aromatic carbocycles. The van der Waals surface area contributed by atoms with Gasteiger partial charge >= 0.3 is 12.0 Å². The standard InChI is InChI=1S/C16H15FN2O3/c1-10-12(17)7-5-9-13(10)18-16(21)19-14-8-4-3-6-11(14)15(20)22-2/h3-9H,1-2H3,(H2,18,19,21). The molecule has 5 nitrogen and oxygen atoms in total. The van der Waals surface area contributed by atoms with E-state index in [-0.39, 0.29) is 5.56 Å². The van der Waals surface area contributed by atoms with Crippen LogP contribution in [-0.2, 0) is 4.74 Å². The Hall–Kier alpha value is -2.89. The average Bonchev–Trinajstić information content (AvgIpc) is 2.51. The summed E-state index contributed by atoms with van der Waals surface area (Å²) in [6.07, 6.45) is 0. The molecule has 0 spiro atoms. The number of halogens is 1. The maximum Gasteiger partial charge on any atom is 0.339 e. The zero-order chi connectivity index (χ0) is 16.1. The molecule has 114 valence electrons. The molecule has 0 aliphatic heterocycles. The molecule has 22 heavy (non-hydrogen) atoms. The smallest absolute Gasteiger partial charge is 0.339 e. The Labute approximate surface area is 127 Å². The second-order valence-corrected chi connectivity index (χ2v) is 4.53. The molecule has 0 fully saturated rings. The van der Waals surface area contributed by atoms with Crippen molar-refractivity contribution in [3.05, 3.63) is 59.4 Å². The first kappa shape index (κ1) is 15.5. The number of esters is 1. The molecule has 0 aliphatic carbocycles. The highest BCUT2D eigenvalue weighted by molar-refractivity contribution is 6.05. The largest absolute Gasteiger partial charge is 0.465 e. The Morgan fingerprint density at radius 2 is 1.64 bits per heavy atom. The van der Waals surface area contributed by atoms with E-state index in [1.54, 1.807) is 31.2 Å². The van der Waals surface area contributed by atoms with Crippen LogP contribution < -0.4 is 10.6 Å². The summed E-state index contributed by atoms with van der Waals surface area (Å²) in [5.41, 5.74) is 1.23. The van der Waals surface area contributed by atoms with E-state index >= 15 is 0 Å². The van der Waals surface area contributed by atoms with Crippen molar-refractivity contribution in [3.8, 4) is 0 Å². The van der Waals surface area contributed by atoms with Crippen LogP contribution in [0, 0.1) is 12.7 Å². The Balaban J connectivity index is 2.16. The molecule has 0 radical (unpaired) electrons. The minimum Gasteiger partial charge on any atom is -0.465 e. The molecule has 0 heterocycles. The predicted octanol–water partition coefficient (Wildman–Crippen LogP) is 3.56. The van der Waals surface area contributed by atoms with Crippen molar-refractivity contribution < 1.29 is 18.7 Å². The summed E-state index contributed by atoms with van der Waals surface area (Å²) in [7, 11) is 1.26. The zero-order valence-electron chi connectivity index (χ0n) is 12.1. The van der Waals surface area contributed by atoms with Gasteiger partial charge in [-0.1, -0.05) is 18.2 Å². The summed E-state index contributed by atoms with van der Waals surface area (Å²) in [5, 5.41) is 5.09. The Kier molecular flexibility index (Phi) is 4.73. The number of hydrogen-bond acceptors (Lipinski definition) is 3.